The van der Waals surface area contributed by atoms with E-state index in [0.717, 1.165) is 5.56 Å². The maximum Gasteiger partial charge on any atom is 0.138 e. The van der Waals surface area contributed by atoms with Gasteiger partial charge in [-0.15, -0.1) is 6.58 Å². The van der Waals surface area contributed by atoms with E-state index in [1.807, 2.05) is 30.3 Å². The molecule has 0 spiro atoms. The minimum absolute atomic E-state index is 0.416. The fourth-order valence-corrected chi connectivity index (χ4v) is 1.22. The van der Waals surface area contributed by atoms with Gasteiger partial charge in [0.25, 0.3) is 0 Å². The fraction of sp³-hybridized carbons (Fsp3) is 0.286. The van der Waals surface area contributed by atoms with Crippen molar-refractivity contribution in [2.24, 2.45) is 5.73 Å². The predicted octanol–water partition coefficient (Wildman–Crippen LogP) is 1.69. The lowest BCUT2D eigenvalue weighted by atomic mass is 9.95. The molecule has 0 aliphatic heterocycles. The van der Waals surface area contributed by atoms with E-state index < -0.39 is 11.6 Å². The van der Waals surface area contributed by atoms with Crippen LogP contribution in [0.3, 0.4) is 0 Å². The molecule has 0 bridgehead atoms. The Morgan fingerprint density at radius 3 is 2.69 bits per heavy atom. The summed E-state index contributed by atoms with van der Waals surface area (Å²) in [6.07, 6.45) is 2.22. The molecule has 0 aliphatic rings. The molecule has 0 amide bonds. The van der Waals surface area contributed by atoms with Gasteiger partial charge >= 0.3 is 0 Å². The summed E-state index contributed by atoms with van der Waals surface area (Å²) < 4.78 is 0. The van der Waals surface area contributed by atoms with E-state index in [0.29, 0.717) is 6.42 Å². The molecule has 0 aromatic heterocycles. The zero-order valence-corrected chi connectivity index (χ0v) is 9.48. The van der Waals surface area contributed by atoms with Gasteiger partial charge in [-0.3, -0.25) is 0 Å². The average Bonchev–Trinajstić information content (AvgIpc) is 2.28. The molecule has 0 saturated carbocycles. The molecule has 2 atom stereocenters. The van der Waals surface area contributed by atoms with Crippen LogP contribution in [0.4, 0.5) is 0 Å². The second kappa shape index (κ2) is 5.50. The Balaban J connectivity index is 2.80. The number of rotatable bonds is 3. The maximum atomic E-state index is 10.0. The molecule has 84 valence electrons. The molecule has 16 heavy (non-hydrogen) atoms. The quantitative estimate of drug-likeness (QED) is 0.595. The van der Waals surface area contributed by atoms with Crippen LogP contribution in [0.15, 0.2) is 43.0 Å². The third-order valence-corrected chi connectivity index (χ3v) is 2.38. The van der Waals surface area contributed by atoms with Crippen LogP contribution >= 0.6 is 0 Å². The maximum absolute atomic E-state index is 10.0. The van der Waals surface area contributed by atoms with Gasteiger partial charge in [-0.1, -0.05) is 36.1 Å². The van der Waals surface area contributed by atoms with Gasteiger partial charge in [0.2, 0.25) is 0 Å². The van der Waals surface area contributed by atoms with Crippen molar-refractivity contribution in [3.05, 3.63) is 48.6 Å². The summed E-state index contributed by atoms with van der Waals surface area (Å²) in [4.78, 5) is 0. The highest BCUT2D eigenvalue weighted by molar-refractivity contribution is 5.36. The van der Waals surface area contributed by atoms with Crippen molar-refractivity contribution >= 4 is 0 Å². The Bertz CT molecular complexity index is 398. The summed E-state index contributed by atoms with van der Waals surface area (Å²) in [5.74, 6) is 5.70. The lowest BCUT2D eigenvalue weighted by Gasteiger charge is -2.23. The SMILES string of the molecule is C=CC[C@H](N)[C@@](C)(O)C#Cc1ccccc1. The van der Waals surface area contributed by atoms with Crippen molar-refractivity contribution in [3.8, 4) is 11.8 Å². The first-order valence-electron chi connectivity index (χ1n) is 5.23. The van der Waals surface area contributed by atoms with E-state index in [-0.39, 0.29) is 0 Å². The molecule has 0 radical (unpaired) electrons. The first kappa shape index (κ1) is 12.5. The highest BCUT2D eigenvalue weighted by Gasteiger charge is 2.25. The van der Waals surface area contributed by atoms with Crippen LogP contribution in [0.2, 0.25) is 0 Å². The Hall–Kier alpha value is -1.56. The second-order valence-corrected chi connectivity index (χ2v) is 3.89. The summed E-state index contributed by atoms with van der Waals surface area (Å²) >= 11 is 0. The van der Waals surface area contributed by atoms with E-state index in [9.17, 15) is 5.11 Å². The van der Waals surface area contributed by atoms with E-state index in [4.69, 9.17) is 5.73 Å². The van der Waals surface area contributed by atoms with Crippen molar-refractivity contribution in [2.75, 3.05) is 0 Å². The molecule has 1 aromatic rings. The van der Waals surface area contributed by atoms with Gasteiger partial charge in [-0.2, -0.15) is 0 Å². The lowest BCUT2D eigenvalue weighted by Crippen LogP contribution is -2.44. The van der Waals surface area contributed by atoms with Crippen molar-refractivity contribution in [1.82, 2.24) is 0 Å². The largest absolute Gasteiger partial charge is 0.376 e. The van der Waals surface area contributed by atoms with Crippen LogP contribution in [0, 0.1) is 11.8 Å². The molecule has 0 unspecified atom stereocenters. The molecule has 1 aromatic carbocycles. The zero-order chi connectivity index (χ0) is 12.0. The Labute approximate surface area is 96.8 Å². The topological polar surface area (TPSA) is 46.2 Å². The van der Waals surface area contributed by atoms with Crippen LogP contribution in [-0.4, -0.2) is 16.7 Å². The van der Waals surface area contributed by atoms with E-state index >= 15 is 0 Å². The fourth-order valence-electron chi connectivity index (χ4n) is 1.22. The van der Waals surface area contributed by atoms with Crippen LogP contribution in [0.5, 0.6) is 0 Å². The minimum atomic E-state index is -1.19. The number of benzene rings is 1. The second-order valence-electron chi connectivity index (χ2n) is 3.89. The molecule has 1 rings (SSSR count). The number of hydrogen-bond donors (Lipinski definition) is 2. The lowest BCUT2D eigenvalue weighted by molar-refractivity contribution is 0.0931. The van der Waals surface area contributed by atoms with E-state index in [2.05, 4.69) is 18.4 Å². The first-order valence-corrected chi connectivity index (χ1v) is 5.23. The number of hydrogen-bond acceptors (Lipinski definition) is 2. The average molecular weight is 215 g/mol. The van der Waals surface area contributed by atoms with Crippen LogP contribution in [0.1, 0.15) is 18.9 Å². The van der Waals surface area contributed by atoms with Crippen LogP contribution in [-0.2, 0) is 0 Å². The van der Waals surface area contributed by atoms with Crippen LogP contribution < -0.4 is 5.73 Å². The monoisotopic (exact) mass is 215 g/mol. The Morgan fingerprint density at radius 1 is 1.50 bits per heavy atom. The van der Waals surface area contributed by atoms with Crippen molar-refractivity contribution < 1.29 is 5.11 Å². The first-order chi connectivity index (χ1) is 7.56. The van der Waals surface area contributed by atoms with E-state index in [1.54, 1.807) is 13.0 Å². The third kappa shape index (κ3) is 3.54. The summed E-state index contributed by atoms with van der Waals surface area (Å²) in [5.41, 5.74) is 5.48. The zero-order valence-electron chi connectivity index (χ0n) is 9.48. The number of aliphatic hydroxyl groups is 1. The predicted molar refractivity (Wildman–Crippen MR) is 66.7 cm³/mol. The smallest absolute Gasteiger partial charge is 0.138 e. The molecule has 0 saturated heterocycles. The molecule has 2 nitrogen and oxygen atoms in total. The minimum Gasteiger partial charge on any atom is -0.376 e. The summed E-state index contributed by atoms with van der Waals surface area (Å²) in [7, 11) is 0. The Kier molecular flexibility index (Phi) is 4.30. The van der Waals surface area contributed by atoms with Crippen molar-refractivity contribution in [3.63, 3.8) is 0 Å². The summed E-state index contributed by atoms with van der Waals surface area (Å²) in [5, 5.41) is 10.0. The molecule has 2 heteroatoms. The van der Waals surface area contributed by atoms with Gasteiger partial charge in [0, 0.05) is 11.6 Å². The van der Waals surface area contributed by atoms with Crippen molar-refractivity contribution in [2.45, 2.75) is 25.0 Å². The van der Waals surface area contributed by atoms with Crippen molar-refractivity contribution in [1.29, 1.82) is 0 Å². The number of nitrogens with two attached hydrogens (primary N) is 1. The highest BCUT2D eigenvalue weighted by Crippen LogP contribution is 2.10. The van der Waals surface area contributed by atoms with Gasteiger partial charge in [-0.25, -0.2) is 0 Å². The molecule has 0 fully saturated rings. The summed E-state index contributed by atoms with van der Waals surface area (Å²) in [6.45, 7) is 5.22. The van der Waals surface area contributed by atoms with Gasteiger partial charge in [0.05, 0.1) is 0 Å². The van der Waals surface area contributed by atoms with Gasteiger partial charge in [0.15, 0.2) is 0 Å². The highest BCUT2D eigenvalue weighted by atomic mass is 16.3. The van der Waals surface area contributed by atoms with Gasteiger partial charge in [0.1, 0.15) is 5.60 Å². The van der Waals surface area contributed by atoms with E-state index in [1.165, 1.54) is 0 Å². The molecule has 0 aliphatic carbocycles. The molecular weight excluding hydrogens is 198 g/mol. The standard InChI is InChI=1S/C14H17NO/c1-3-7-13(15)14(2,16)11-10-12-8-5-4-6-9-12/h3-6,8-9,13,16H,1,7,15H2,2H3/t13-,14-/m0/s1. The normalized spacial score (nSPS) is 15.4. The molecule has 0 heterocycles. The Morgan fingerprint density at radius 2 is 2.12 bits per heavy atom. The van der Waals surface area contributed by atoms with Gasteiger partial charge < -0.3 is 10.8 Å². The third-order valence-electron chi connectivity index (χ3n) is 2.38. The van der Waals surface area contributed by atoms with Gasteiger partial charge in [-0.05, 0) is 25.5 Å². The van der Waals surface area contributed by atoms with Crippen LogP contribution in [0.25, 0.3) is 0 Å². The summed E-state index contributed by atoms with van der Waals surface area (Å²) in [6, 6.07) is 9.10. The molecule has 3 N–H and O–H groups in total. The molecular formula is C14H17NO.